The Morgan fingerprint density at radius 1 is 0.931 bits per heavy atom. The first-order valence-corrected chi connectivity index (χ1v) is 10.1. The van der Waals surface area contributed by atoms with Gasteiger partial charge >= 0.3 is 0 Å². The smallest absolute Gasteiger partial charge is 0.123 e. The van der Waals surface area contributed by atoms with Gasteiger partial charge in [-0.05, 0) is 51.9 Å². The van der Waals surface area contributed by atoms with Crippen LogP contribution in [0.25, 0.3) is 5.57 Å². The fraction of sp³-hybridized carbons (Fsp3) is 0.231. The van der Waals surface area contributed by atoms with Gasteiger partial charge in [0.2, 0.25) is 0 Å². The molecule has 3 aromatic carbocycles. The molecular weight excluding hydrogens is 363 g/mol. The molecule has 1 saturated heterocycles. The highest BCUT2D eigenvalue weighted by Crippen LogP contribution is 2.51. The minimum atomic E-state index is -0.242. The van der Waals surface area contributed by atoms with Crippen LogP contribution in [0, 0.1) is 5.82 Å². The summed E-state index contributed by atoms with van der Waals surface area (Å²) in [5.74, 6) is -0.0787. The lowest BCUT2D eigenvalue weighted by Crippen LogP contribution is -2.15. The van der Waals surface area contributed by atoms with E-state index in [1.807, 2.05) is 30.3 Å². The largest absolute Gasteiger partial charge is 0.374 e. The van der Waals surface area contributed by atoms with E-state index >= 15 is 0 Å². The second kappa shape index (κ2) is 7.58. The second-order valence-corrected chi connectivity index (χ2v) is 7.82. The summed E-state index contributed by atoms with van der Waals surface area (Å²) in [5.41, 5.74) is 6.30. The van der Waals surface area contributed by atoms with Crippen molar-refractivity contribution in [3.05, 3.63) is 113 Å². The van der Waals surface area contributed by atoms with Crippen LogP contribution in [-0.2, 0) is 16.1 Å². The average Bonchev–Trinajstić information content (AvgIpc) is 3.14. The molecule has 0 aromatic heterocycles. The summed E-state index contributed by atoms with van der Waals surface area (Å²) in [5, 5.41) is 0. The SMILES string of the molecule is C=C1c2ccccc2[C@H]2C[C@H](COCc3ccccc3)O[C@@H]2c2cc(F)ccc21. The fourth-order valence-corrected chi connectivity index (χ4v) is 4.62. The van der Waals surface area contributed by atoms with E-state index in [2.05, 4.69) is 36.9 Å². The van der Waals surface area contributed by atoms with Crippen molar-refractivity contribution in [1.29, 1.82) is 0 Å². The highest BCUT2D eigenvalue weighted by molar-refractivity contribution is 5.83. The van der Waals surface area contributed by atoms with E-state index in [-0.39, 0.29) is 23.9 Å². The van der Waals surface area contributed by atoms with Gasteiger partial charge in [0.05, 0.1) is 25.4 Å². The summed E-state index contributed by atoms with van der Waals surface area (Å²) < 4.78 is 26.5. The summed E-state index contributed by atoms with van der Waals surface area (Å²) in [7, 11) is 0. The number of halogens is 1. The summed E-state index contributed by atoms with van der Waals surface area (Å²) in [4.78, 5) is 0. The Hall–Kier alpha value is -2.75. The second-order valence-electron chi connectivity index (χ2n) is 7.82. The molecule has 146 valence electrons. The zero-order chi connectivity index (χ0) is 19.8. The third kappa shape index (κ3) is 3.41. The van der Waals surface area contributed by atoms with Crippen LogP contribution >= 0.6 is 0 Å². The van der Waals surface area contributed by atoms with Gasteiger partial charge in [0.25, 0.3) is 0 Å². The Labute approximate surface area is 170 Å². The van der Waals surface area contributed by atoms with Gasteiger partial charge < -0.3 is 9.47 Å². The van der Waals surface area contributed by atoms with Crippen molar-refractivity contribution in [2.45, 2.75) is 31.2 Å². The van der Waals surface area contributed by atoms with Gasteiger partial charge in [0, 0.05) is 5.92 Å². The molecule has 2 nitrogen and oxygen atoms in total. The first-order valence-electron chi connectivity index (χ1n) is 10.1. The average molecular weight is 386 g/mol. The Morgan fingerprint density at radius 3 is 2.55 bits per heavy atom. The van der Waals surface area contributed by atoms with Crippen LogP contribution in [0.15, 0.2) is 79.4 Å². The first-order chi connectivity index (χ1) is 14.2. The molecule has 0 amide bonds. The lowest BCUT2D eigenvalue weighted by Gasteiger charge is -2.19. The van der Waals surface area contributed by atoms with E-state index in [1.165, 1.54) is 11.6 Å². The summed E-state index contributed by atoms with van der Waals surface area (Å²) in [6.45, 7) is 5.40. The number of rotatable bonds is 4. The van der Waals surface area contributed by atoms with Gasteiger partial charge in [-0.3, -0.25) is 0 Å². The Morgan fingerprint density at radius 2 is 1.69 bits per heavy atom. The molecule has 0 radical (unpaired) electrons. The van der Waals surface area contributed by atoms with Gasteiger partial charge in [0.1, 0.15) is 5.82 Å². The zero-order valence-corrected chi connectivity index (χ0v) is 16.2. The topological polar surface area (TPSA) is 18.5 Å². The maximum absolute atomic E-state index is 14.1. The predicted molar refractivity (Wildman–Crippen MR) is 112 cm³/mol. The van der Waals surface area contributed by atoms with Crippen LogP contribution in [-0.4, -0.2) is 12.7 Å². The molecular formula is C26H23FO2. The third-order valence-electron chi connectivity index (χ3n) is 5.97. The number of hydrogen-bond acceptors (Lipinski definition) is 2. The van der Waals surface area contributed by atoms with Crippen molar-refractivity contribution >= 4 is 5.57 Å². The van der Waals surface area contributed by atoms with Gasteiger partial charge in [0.15, 0.2) is 0 Å². The molecule has 2 aliphatic rings. The predicted octanol–water partition coefficient (Wildman–Crippen LogP) is 6.03. The van der Waals surface area contributed by atoms with Crippen LogP contribution in [0.4, 0.5) is 4.39 Å². The van der Waals surface area contributed by atoms with Gasteiger partial charge in [-0.25, -0.2) is 4.39 Å². The maximum Gasteiger partial charge on any atom is 0.123 e. The Kier molecular flexibility index (Phi) is 4.78. The molecule has 29 heavy (non-hydrogen) atoms. The Balaban J connectivity index is 1.42. The lowest BCUT2D eigenvalue weighted by molar-refractivity contribution is -0.0219. The molecule has 0 spiro atoms. The minimum absolute atomic E-state index is 0.0238. The standard InChI is InChI=1S/C26H23FO2/c1-17-21-9-5-6-10-23(21)25-14-20(16-28-15-18-7-3-2-4-8-18)29-26(25)24-13-19(27)11-12-22(17)24/h2-13,20,25-26H,1,14-16H2/t20-,25-,26-/m1/s1. The molecule has 1 aliphatic carbocycles. The molecule has 5 rings (SSSR count). The fourth-order valence-electron chi connectivity index (χ4n) is 4.62. The molecule has 0 bridgehead atoms. The maximum atomic E-state index is 14.1. The molecule has 3 aromatic rings. The summed E-state index contributed by atoms with van der Waals surface area (Å²) >= 11 is 0. The molecule has 1 aliphatic heterocycles. The molecule has 3 atom stereocenters. The van der Waals surface area contributed by atoms with Gasteiger partial charge in [-0.2, -0.15) is 0 Å². The molecule has 0 N–H and O–H groups in total. The normalized spacial score (nSPS) is 22.5. The molecule has 1 fully saturated rings. The molecule has 0 saturated carbocycles. The van der Waals surface area contributed by atoms with E-state index in [0.717, 1.165) is 34.2 Å². The van der Waals surface area contributed by atoms with Crippen LogP contribution in [0.5, 0.6) is 0 Å². The van der Waals surface area contributed by atoms with Gasteiger partial charge in [-0.15, -0.1) is 0 Å². The van der Waals surface area contributed by atoms with Crippen LogP contribution < -0.4 is 0 Å². The first kappa shape index (κ1) is 18.3. The van der Waals surface area contributed by atoms with Crippen molar-refractivity contribution in [2.75, 3.05) is 6.61 Å². The van der Waals surface area contributed by atoms with Gasteiger partial charge in [-0.1, -0.05) is 67.2 Å². The number of ether oxygens (including phenoxy) is 2. The van der Waals surface area contributed by atoms with Crippen LogP contribution in [0.3, 0.4) is 0 Å². The molecule has 1 heterocycles. The van der Waals surface area contributed by atoms with E-state index in [9.17, 15) is 4.39 Å². The zero-order valence-electron chi connectivity index (χ0n) is 16.2. The number of fused-ring (bicyclic) bond motifs is 5. The van der Waals surface area contributed by atoms with Crippen molar-refractivity contribution in [2.24, 2.45) is 0 Å². The van der Waals surface area contributed by atoms with E-state index in [1.54, 1.807) is 6.07 Å². The highest BCUT2D eigenvalue weighted by atomic mass is 19.1. The van der Waals surface area contributed by atoms with Crippen LogP contribution in [0.2, 0.25) is 0 Å². The summed E-state index contributed by atoms with van der Waals surface area (Å²) in [6.07, 6.45) is 0.635. The lowest BCUT2D eigenvalue weighted by atomic mass is 9.87. The van der Waals surface area contributed by atoms with E-state index < -0.39 is 0 Å². The molecule has 3 heteroatoms. The third-order valence-corrected chi connectivity index (χ3v) is 5.97. The van der Waals surface area contributed by atoms with E-state index in [0.29, 0.717) is 13.2 Å². The Bertz CT molecular complexity index is 1040. The number of benzene rings is 3. The van der Waals surface area contributed by atoms with Crippen molar-refractivity contribution in [3.63, 3.8) is 0 Å². The minimum Gasteiger partial charge on any atom is -0.374 e. The number of hydrogen-bond donors (Lipinski definition) is 0. The molecule has 0 unspecified atom stereocenters. The van der Waals surface area contributed by atoms with Crippen molar-refractivity contribution in [1.82, 2.24) is 0 Å². The van der Waals surface area contributed by atoms with Crippen molar-refractivity contribution in [3.8, 4) is 0 Å². The monoisotopic (exact) mass is 386 g/mol. The van der Waals surface area contributed by atoms with Crippen LogP contribution in [0.1, 0.15) is 46.3 Å². The quantitative estimate of drug-likeness (QED) is 0.545. The summed E-state index contributed by atoms with van der Waals surface area (Å²) in [6, 6.07) is 23.4. The van der Waals surface area contributed by atoms with E-state index in [4.69, 9.17) is 9.47 Å². The highest BCUT2D eigenvalue weighted by Gasteiger charge is 2.41. The van der Waals surface area contributed by atoms with Crippen molar-refractivity contribution < 1.29 is 13.9 Å².